The first-order valence-corrected chi connectivity index (χ1v) is 20.5. The monoisotopic (exact) mass is 766 g/mol. The molecule has 0 saturated heterocycles. The lowest BCUT2D eigenvalue weighted by molar-refractivity contribution is 1.11. The number of nitrogens with zero attached hydrogens (tertiary/aromatic N) is 4. The Morgan fingerprint density at radius 1 is 0.456 bits per heavy atom. The largest absolute Gasteiger partial charge is 0.286 e. The van der Waals surface area contributed by atoms with Crippen LogP contribution in [0.15, 0.2) is 206 Å². The first-order valence-electron chi connectivity index (χ1n) is 18.9. The topological polar surface area (TPSA) is 32.3 Å². The molecule has 9 aromatic rings. The normalized spacial score (nSPS) is 13.5. The summed E-state index contributed by atoms with van der Waals surface area (Å²) < 4.78 is 2.29. The van der Waals surface area contributed by atoms with Crippen molar-refractivity contribution in [1.82, 2.24) is 9.97 Å². The predicted molar refractivity (Wildman–Crippen MR) is 241 cm³/mol. The molecule has 0 saturated carbocycles. The molecule has 0 radical (unpaired) electrons. The Balaban J connectivity index is 0.946. The molecule has 2 heterocycles. The van der Waals surface area contributed by atoms with Crippen LogP contribution in [0, 0.1) is 11.8 Å². The third-order valence-corrected chi connectivity index (χ3v) is 12.1. The molecule has 1 aliphatic carbocycles. The Morgan fingerprint density at radius 2 is 0.930 bits per heavy atom. The van der Waals surface area contributed by atoms with Crippen molar-refractivity contribution in [2.24, 2.45) is 0 Å². The Bertz CT molecular complexity index is 2960. The Kier molecular flexibility index (Phi) is 9.21. The molecule has 0 aliphatic heterocycles. The summed E-state index contributed by atoms with van der Waals surface area (Å²) >= 11 is 3.40. The highest BCUT2D eigenvalue weighted by Gasteiger charge is 2.21. The van der Waals surface area contributed by atoms with Gasteiger partial charge in [-0.15, -0.1) is 0 Å². The summed E-state index contributed by atoms with van der Waals surface area (Å²) in [6, 6.07) is 63.6. The van der Waals surface area contributed by atoms with Crippen LogP contribution in [-0.4, -0.2) is 9.97 Å². The van der Waals surface area contributed by atoms with Gasteiger partial charge in [0.05, 0.1) is 32.0 Å². The van der Waals surface area contributed by atoms with Gasteiger partial charge in [-0.25, -0.2) is 9.97 Å². The lowest BCUT2D eigenvalue weighted by Crippen LogP contribution is -2.14. The van der Waals surface area contributed by atoms with Gasteiger partial charge in [-0.3, -0.25) is 9.80 Å². The second-order valence-electron chi connectivity index (χ2n) is 13.7. The molecule has 0 amide bonds. The zero-order chi connectivity index (χ0) is 38.0. The van der Waals surface area contributed by atoms with Crippen LogP contribution >= 0.6 is 22.7 Å². The van der Waals surface area contributed by atoms with Crippen molar-refractivity contribution in [3.8, 4) is 34.1 Å². The fourth-order valence-electron chi connectivity index (χ4n) is 7.19. The number of para-hydroxylation sites is 2. The Hall–Kier alpha value is -7.04. The van der Waals surface area contributed by atoms with Crippen molar-refractivity contribution in [3.05, 3.63) is 211 Å². The lowest BCUT2D eigenvalue weighted by atomic mass is 9.99. The van der Waals surface area contributed by atoms with Crippen LogP contribution in [0.5, 0.6) is 0 Å². The third-order valence-electron chi connectivity index (χ3n) is 10.1. The van der Waals surface area contributed by atoms with E-state index in [0.717, 1.165) is 59.0 Å². The van der Waals surface area contributed by atoms with E-state index in [1.165, 1.54) is 22.3 Å². The van der Waals surface area contributed by atoms with Crippen molar-refractivity contribution in [2.75, 3.05) is 9.80 Å². The minimum Gasteiger partial charge on any atom is -0.286 e. The fourth-order valence-corrected chi connectivity index (χ4v) is 9.29. The van der Waals surface area contributed by atoms with E-state index in [2.05, 4.69) is 198 Å². The maximum Gasteiger partial charge on any atom is 0.195 e. The van der Waals surface area contributed by atoms with Gasteiger partial charge in [-0.1, -0.05) is 162 Å². The van der Waals surface area contributed by atoms with E-state index in [9.17, 15) is 0 Å². The molecule has 0 bridgehead atoms. The van der Waals surface area contributed by atoms with Crippen LogP contribution < -0.4 is 9.80 Å². The van der Waals surface area contributed by atoms with Crippen molar-refractivity contribution >= 4 is 70.4 Å². The number of anilines is 5. The summed E-state index contributed by atoms with van der Waals surface area (Å²) in [7, 11) is 0. The average molecular weight is 767 g/mol. The molecule has 2 aromatic heterocycles. The zero-order valence-corrected chi connectivity index (χ0v) is 32.4. The van der Waals surface area contributed by atoms with Gasteiger partial charge in [0.15, 0.2) is 10.3 Å². The smallest absolute Gasteiger partial charge is 0.195 e. The molecule has 0 spiro atoms. The summed E-state index contributed by atoms with van der Waals surface area (Å²) in [5.41, 5.74) is 12.0. The minimum absolute atomic E-state index is 0.0849. The fraction of sp³-hybridized carbons (Fsp3) is 0.0196. The molecule has 0 fully saturated rings. The van der Waals surface area contributed by atoms with Gasteiger partial charge in [-0.05, 0) is 94.6 Å². The molecule has 57 heavy (non-hydrogen) atoms. The van der Waals surface area contributed by atoms with E-state index < -0.39 is 0 Å². The van der Waals surface area contributed by atoms with E-state index in [4.69, 9.17) is 9.97 Å². The number of rotatable bonds is 9. The number of hydrogen-bond acceptors (Lipinski definition) is 6. The molecule has 270 valence electrons. The summed E-state index contributed by atoms with van der Waals surface area (Å²) in [5.74, 6) is 6.81. The van der Waals surface area contributed by atoms with Gasteiger partial charge in [0.1, 0.15) is 0 Å². The van der Waals surface area contributed by atoms with E-state index in [-0.39, 0.29) is 5.92 Å². The van der Waals surface area contributed by atoms with Crippen molar-refractivity contribution in [1.29, 1.82) is 0 Å². The molecule has 0 N–H and O–H groups in total. The van der Waals surface area contributed by atoms with Crippen LogP contribution in [0.1, 0.15) is 11.5 Å². The highest BCUT2D eigenvalue weighted by molar-refractivity contribution is 7.22. The van der Waals surface area contributed by atoms with Crippen LogP contribution in [0.25, 0.3) is 42.7 Å². The SMILES string of the molecule is C1#CC(c2ccc(N(c3ccccc3)c3nc4ccc(-c5ccccc5)cc4s3)cc2)C=CC(N(c2ccccc2)c2nc3ccc(-c4ccccc4)cc3s2)=C1. The predicted octanol–water partition coefficient (Wildman–Crippen LogP) is 14.1. The second kappa shape index (κ2) is 15.2. The number of benzene rings is 7. The minimum atomic E-state index is -0.0849. The van der Waals surface area contributed by atoms with E-state index >= 15 is 0 Å². The summed E-state index contributed by atoms with van der Waals surface area (Å²) in [6.45, 7) is 0. The maximum atomic E-state index is 5.13. The highest BCUT2D eigenvalue weighted by Crippen LogP contribution is 2.42. The van der Waals surface area contributed by atoms with Crippen molar-refractivity contribution in [2.45, 2.75) is 5.92 Å². The number of fused-ring (bicyclic) bond motifs is 2. The van der Waals surface area contributed by atoms with Gasteiger partial charge < -0.3 is 0 Å². The highest BCUT2D eigenvalue weighted by atomic mass is 32.1. The molecule has 4 nitrogen and oxygen atoms in total. The number of hydrogen-bond donors (Lipinski definition) is 0. The molecular weight excluding hydrogens is 733 g/mol. The molecule has 1 unspecified atom stereocenters. The van der Waals surface area contributed by atoms with Crippen LogP contribution in [-0.2, 0) is 0 Å². The second-order valence-corrected chi connectivity index (χ2v) is 15.7. The van der Waals surface area contributed by atoms with E-state index in [1.54, 1.807) is 22.7 Å². The van der Waals surface area contributed by atoms with Crippen LogP contribution in [0.4, 0.5) is 27.3 Å². The average Bonchev–Trinajstić information content (AvgIpc) is 3.81. The molecule has 7 aromatic carbocycles. The quantitative estimate of drug-likeness (QED) is 0.137. The molecule has 10 rings (SSSR count). The lowest BCUT2D eigenvalue weighted by Gasteiger charge is -2.23. The number of aromatic nitrogens is 2. The summed E-state index contributed by atoms with van der Waals surface area (Å²) in [6.07, 6.45) is 6.37. The first-order chi connectivity index (χ1) is 28.2. The van der Waals surface area contributed by atoms with Gasteiger partial charge in [-0.2, -0.15) is 0 Å². The Labute approximate surface area is 340 Å². The summed E-state index contributed by atoms with van der Waals surface area (Å²) in [5, 5.41) is 1.82. The van der Waals surface area contributed by atoms with Crippen molar-refractivity contribution in [3.63, 3.8) is 0 Å². The maximum absolute atomic E-state index is 5.13. The molecule has 6 heteroatoms. The van der Waals surface area contributed by atoms with E-state index in [0.29, 0.717) is 0 Å². The Morgan fingerprint density at radius 3 is 1.47 bits per heavy atom. The third kappa shape index (κ3) is 7.03. The number of thiazole rings is 2. The molecule has 1 atom stereocenters. The zero-order valence-electron chi connectivity index (χ0n) is 30.7. The van der Waals surface area contributed by atoms with Gasteiger partial charge >= 0.3 is 0 Å². The van der Waals surface area contributed by atoms with Gasteiger partial charge in [0.25, 0.3) is 0 Å². The molecular formula is C51H34N4S2. The van der Waals surface area contributed by atoms with Crippen LogP contribution in [0.2, 0.25) is 0 Å². The van der Waals surface area contributed by atoms with Crippen molar-refractivity contribution < 1.29 is 0 Å². The van der Waals surface area contributed by atoms with Crippen LogP contribution in [0.3, 0.4) is 0 Å². The van der Waals surface area contributed by atoms with Gasteiger partial charge in [0.2, 0.25) is 0 Å². The van der Waals surface area contributed by atoms with Gasteiger partial charge in [0, 0.05) is 23.1 Å². The molecule has 1 aliphatic rings. The number of allylic oxidation sites excluding steroid dienone is 3. The van der Waals surface area contributed by atoms with E-state index in [1.807, 2.05) is 24.3 Å². The standard InChI is InChI=1S/C51H34N4S2/c1-5-14-36(15-6-1)40-27-32-46-48(34-40)56-50(52-46)54(42-19-9-3-10-20-42)44-23-13-18-38(24-29-44)39-25-30-45(31-26-39)55(43-21-11-4-12-22-43)51-53-47-33-28-41(35-49(47)57-51)37-16-7-2-8-17-37/h1-12,14-17,19-35,38H. The summed E-state index contributed by atoms with van der Waals surface area (Å²) in [4.78, 5) is 14.7. The first kappa shape index (κ1) is 34.5.